The summed E-state index contributed by atoms with van der Waals surface area (Å²) < 4.78 is 5.37. The Labute approximate surface area is 129 Å². The zero-order valence-electron chi connectivity index (χ0n) is 10.6. The number of hydrogen-bond acceptors (Lipinski definition) is 2. The van der Waals surface area contributed by atoms with Crippen molar-refractivity contribution in [3.63, 3.8) is 0 Å². The molecule has 0 N–H and O–H groups in total. The van der Waals surface area contributed by atoms with Gasteiger partial charge in [0.2, 0.25) is 0 Å². The van der Waals surface area contributed by atoms with Gasteiger partial charge in [-0.15, -0.1) is 0 Å². The Hall–Kier alpha value is -0.206. The molecule has 1 atom stereocenters. The summed E-state index contributed by atoms with van der Waals surface area (Å²) >= 11 is 0. The van der Waals surface area contributed by atoms with Gasteiger partial charge in [0.25, 0.3) is 5.97 Å². The van der Waals surface area contributed by atoms with E-state index in [2.05, 4.69) is 12.1 Å². The van der Waals surface area contributed by atoms with Crippen LogP contribution >= 0.6 is 0 Å². The Balaban J connectivity index is 0.00000256. The molecule has 3 heteroatoms. The predicted molar refractivity (Wildman–Crippen MR) is 64.9 cm³/mol. The molecule has 0 saturated carbocycles. The molecule has 2 nitrogen and oxygen atoms in total. The van der Waals surface area contributed by atoms with E-state index < -0.39 is 0 Å². The van der Waals surface area contributed by atoms with Gasteiger partial charge in [0.1, 0.15) is 6.10 Å². The van der Waals surface area contributed by atoms with Crippen molar-refractivity contribution in [2.75, 3.05) is 0 Å². The second kappa shape index (κ2) is 9.79. The van der Waals surface area contributed by atoms with Gasteiger partial charge in [0.05, 0.1) is 0 Å². The first kappa shape index (κ1) is 16.8. The molecular formula is C14H19O2Y-. The minimum atomic E-state index is -0.134. The monoisotopic (exact) mass is 308 g/mol. The number of esters is 1. The summed E-state index contributed by atoms with van der Waals surface area (Å²) in [4.78, 5) is 11.3. The molecule has 0 aliphatic rings. The van der Waals surface area contributed by atoms with Gasteiger partial charge in [0.15, 0.2) is 0 Å². The molecule has 0 saturated heterocycles. The summed E-state index contributed by atoms with van der Waals surface area (Å²) in [6, 6.07) is 10.1. The van der Waals surface area contributed by atoms with Crippen molar-refractivity contribution in [2.45, 2.75) is 39.2 Å². The van der Waals surface area contributed by atoms with Crippen molar-refractivity contribution in [3.05, 3.63) is 42.3 Å². The van der Waals surface area contributed by atoms with Crippen molar-refractivity contribution in [3.8, 4) is 0 Å². The number of rotatable bonds is 6. The van der Waals surface area contributed by atoms with Crippen LogP contribution in [0.3, 0.4) is 0 Å². The Bertz CT molecular complexity index is 311. The first-order valence-corrected chi connectivity index (χ1v) is 5.77. The van der Waals surface area contributed by atoms with E-state index in [1.807, 2.05) is 38.5 Å². The largest absolute Gasteiger partial charge is 0.464 e. The van der Waals surface area contributed by atoms with E-state index in [0.717, 1.165) is 12.8 Å². The Morgan fingerprint density at radius 2 is 2.00 bits per heavy atom. The number of ether oxygens (including phenoxy) is 1. The molecule has 17 heavy (non-hydrogen) atoms. The number of carbonyl (C=O) groups is 1. The van der Waals surface area contributed by atoms with Gasteiger partial charge < -0.3 is 11.2 Å². The fourth-order valence-corrected chi connectivity index (χ4v) is 1.55. The molecule has 1 radical (unpaired) electrons. The molecular weight excluding hydrogens is 289 g/mol. The molecule has 0 fully saturated rings. The maximum atomic E-state index is 11.3. The molecule has 0 spiro atoms. The molecule has 0 heterocycles. The fraction of sp³-hybridized carbons (Fsp3) is 0.429. The predicted octanol–water partition coefficient (Wildman–Crippen LogP) is 3.16. The van der Waals surface area contributed by atoms with E-state index in [-0.39, 0.29) is 44.8 Å². The minimum absolute atomic E-state index is 0. The first-order valence-electron chi connectivity index (χ1n) is 5.77. The van der Waals surface area contributed by atoms with Gasteiger partial charge in [-0.05, 0) is 12.0 Å². The summed E-state index contributed by atoms with van der Waals surface area (Å²) in [7, 11) is 0. The zero-order chi connectivity index (χ0) is 11.8. The normalized spacial score (nSPS) is 11.4. The molecule has 0 bridgehead atoms. The summed E-state index contributed by atoms with van der Waals surface area (Å²) in [6.07, 6.45) is 3.86. The van der Waals surface area contributed by atoms with Crippen LogP contribution in [0.15, 0.2) is 30.3 Å². The van der Waals surface area contributed by atoms with Crippen LogP contribution in [0.25, 0.3) is 0 Å². The molecule has 1 aromatic rings. The minimum Gasteiger partial charge on any atom is -0.464 e. The maximum absolute atomic E-state index is 11.3. The Morgan fingerprint density at radius 1 is 1.35 bits per heavy atom. The molecule has 1 aromatic carbocycles. The van der Waals surface area contributed by atoms with Crippen molar-refractivity contribution in [1.82, 2.24) is 0 Å². The van der Waals surface area contributed by atoms with Gasteiger partial charge in [-0.1, -0.05) is 43.7 Å². The van der Waals surface area contributed by atoms with E-state index in [0.29, 0.717) is 6.42 Å². The molecule has 0 aliphatic carbocycles. The van der Waals surface area contributed by atoms with E-state index in [4.69, 9.17) is 4.74 Å². The van der Waals surface area contributed by atoms with E-state index in [9.17, 15) is 4.79 Å². The number of benzene rings is 1. The van der Waals surface area contributed by atoms with Crippen LogP contribution in [0, 0.1) is 6.42 Å². The van der Waals surface area contributed by atoms with E-state index in [1.54, 1.807) is 0 Å². The van der Waals surface area contributed by atoms with Crippen molar-refractivity contribution in [2.24, 2.45) is 0 Å². The van der Waals surface area contributed by atoms with Gasteiger partial charge in [-0.25, -0.2) is 0 Å². The Kier molecular flexibility index (Phi) is 9.67. The first-order chi connectivity index (χ1) is 7.76. The fourth-order valence-electron chi connectivity index (χ4n) is 1.55. The second-order valence-corrected chi connectivity index (χ2v) is 3.82. The topological polar surface area (TPSA) is 26.3 Å². The Morgan fingerprint density at radius 3 is 2.53 bits per heavy atom. The molecule has 0 amide bonds. The quantitative estimate of drug-likeness (QED) is 0.596. The smallest absolute Gasteiger partial charge is 0.275 e. The standard InChI is InChI=1S/C14H19O2.Y/c1-3-8-14(15)16-13(4-2)11-12-9-6-5-7-10-12;/h3,5-7,9-10,13H,4,8,11H2,1-2H3;/q-1;/t13-;/m0./s1. The van der Waals surface area contributed by atoms with E-state index >= 15 is 0 Å². The van der Waals surface area contributed by atoms with Gasteiger partial charge >= 0.3 is 0 Å². The summed E-state index contributed by atoms with van der Waals surface area (Å²) in [5, 5.41) is 0. The van der Waals surface area contributed by atoms with Gasteiger partial charge in [-0.2, -0.15) is 6.92 Å². The molecule has 91 valence electrons. The van der Waals surface area contributed by atoms with Crippen molar-refractivity contribution >= 4 is 5.97 Å². The van der Waals surface area contributed by atoms with Crippen LogP contribution < -0.4 is 0 Å². The average Bonchev–Trinajstić information content (AvgIpc) is 2.30. The van der Waals surface area contributed by atoms with Crippen LogP contribution in [-0.4, -0.2) is 12.1 Å². The average molecular weight is 308 g/mol. The number of carbonyl (C=O) groups excluding carboxylic acids is 1. The van der Waals surface area contributed by atoms with Gasteiger partial charge in [-0.3, -0.25) is 4.79 Å². The third-order valence-corrected chi connectivity index (χ3v) is 2.43. The maximum Gasteiger partial charge on any atom is 0.275 e. The number of hydrogen-bond donors (Lipinski definition) is 0. The van der Waals surface area contributed by atoms with Crippen LogP contribution in [-0.2, 0) is 48.7 Å². The molecule has 0 aliphatic heterocycles. The van der Waals surface area contributed by atoms with Crippen LogP contribution in [0.2, 0.25) is 0 Å². The second-order valence-electron chi connectivity index (χ2n) is 3.82. The van der Waals surface area contributed by atoms with Gasteiger partial charge in [0, 0.05) is 39.1 Å². The molecule has 0 aromatic heterocycles. The third-order valence-electron chi connectivity index (χ3n) is 2.43. The van der Waals surface area contributed by atoms with Crippen LogP contribution in [0.5, 0.6) is 0 Å². The van der Waals surface area contributed by atoms with Crippen molar-refractivity contribution < 1.29 is 42.2 Å². The van der Waals surface area contributed by atoms with Crippen molar-refractivity contribution in [1.29, 1.82) is 0 Å². The summed E-state index contributed by atoms with van der Waals surface area (Å²) in [6.45, 7) is 3.90. The molecule has 1 rings (SSSR count). The summed E-state index contributed by atoms with van der Waals surface area (Å²) in [5.41, 5.74) is 1.21. The zero-order valence-corrected chi connectivity index (χ0v) is 13.4. The van der Waals surface area contributed by atoms with Crippen LogP contribution in [0.1, 0.15) is 32.3 Å². The van der Waals surface area contributed by atoms with Crippen LogP contribution in [0.4, 0.5) is 0 Å². The summed E-state index contributed by atoms with van der Waals surface area (Å²) in [5.74, 6) is -0.134. The van der Waals surface area contributed by atoms with E-state index in [1.165, 1.54) is 5.56 Å². The SMILES string of the molecule is C[CH-]CC(=O)O[C@@H](CC)Cc1ccccc1.[Y]. The molecule has 0 unspecified atom stereocenters. The third kappa shape index (κ3) is 6.95.